The lowest BCUT2D eigenvalue weighted by Crippen LogP contribution is -2.26. The third-order valence-electron chi connectivity index (χ3n) is 3.54. The van der Waals surface area contributed by atoms with Crippen LogP contribution in [-0.2, 0) is 6.54 Å². The minimum atomic E-state index is -3.20. The van der Waals surface area contributed by atoms with Gasteiger partial charge in [0.25, 0.3) is 0 Å². The second-order valence-electron chi connectivity index (χ2n) is 4.88. The average Bonchev–Trinajstić information content (AvgIpc) is 2.86. The lowest BCUT2D eigenvalue weighted by molar-refractivity contribution is 0.194. The molecule has 0 fully saturated rings. The zero-order valence-electron chi connectivity index (χ0n) is 11.6. The first-order valence-corrected chi connectivity index (χ1v) is 8.38. The van der Waals surface area contributed by atoms with Crippen molar-refractivity contribution in [2.45, 2.75) is 23.3 Å². The molecule has 4 N–H and O–H groups in total. The number of carboxylic acid groups (broad SMARTS) is 1. The van der Waals surface area contributed by atoms with Gasteiger partial charge < -0.3 is 10.4 Å². The molecule has 0 aliphatic carbocycles. The highest BCUT2D eigenvalue weighted by molar-refractivity contribution is 8.25. The number of hydrogen-bond acceptors (Lipinski definition) is 4. The van der Waals surface area contributed by atoms with Crippen molar-refractivity contribution < 1.29 is 19.0 Å². The van der Waals surface area contributed by atoms with Gasteiger partial charge in [0.1, 0.15) is 10.6 Å². The number of carbonyl (C=O) groups is 1. The van der Waals surface area contributed by atoms with E-state index < -0.39 is 16.7 Å². The molecule has 1 aromatic carbocycles. The van der Waals surface area contributed by atoms with Crippen LogP contribution < -0.4 is 5.32 Å². The molecule has 1 aliphatic rings. The number of aromatic nitrogens is 2. The van der Waals surface area contributed by atoms with Crippen molar-refractivity contribution in [1.82, 2.24) is 15.1 Å². The Labute approximate surface area is 132 Å². The van der Waals surface area contributed by atoms with E-state index in [0.717, 1.165) is 0 Å². The highest BCUT2D eigenvalue weighted by atomic mass is 35.5. The summed E-state index contributed by atoms with van der Waals surface area (Å²) in [6.45, 7) is 2.20. The van der Waals surface area contributed by atoms with Crippen molar-refractivity contribution in [2.75, 3.05) is 6.54 Å². The first kappa shape index (κ1) is 15.2. The normalized spacial score (nSPS) is 16.0. The number of benzene rings is 1. The Morgan fingerprint density at radius 1 is 1.41 bits per heavy atom. The Bertz CT molecular complexity index is 775. The second kappa shape index (κ2) is 5.17. The highest BCUT2D eigenvalue weighted by Crippen LogP contribution is 2.68. The molecule has 0 saturated heterocycles. The van der Waals surface area contributed by atoms with E-state index in [0.29, 0.717) is 38.3 Å². The van der Waals surface area contributed by atoms with E-state index in [1.807, 2.05) is 0 Å². The largest absolute Gasteiger partial charge is 0.465 e. The lowest BCUT2D eigenvalue weighted by Gasteiger charge is -2.29. The molecule has 1 amide bonds. The fourth-order valence-corrected chi connectivity index (χ4v) is 5.07. The van der Waals surface area contributed by atoms with Crippen molar-refractivity contribution in [3.63, 3.8) is 0 Å². The van der Waals surface area contributed by atoms with Gasteiger partial charge in [-0.25, -0.2) is 4.79 Å². The van der Waals surface area contributed by atoms with Crippen LogP contribution in [0.4, 0.5) is 4.79 Å². The van der Waals surface area contributed by atoms with E-state index in [-0.39, 0.29) is 6.54 Å². The summed E-state index contributed by atoms with van der Waals surface area (Å²) in [6, 6.07) is 5.08. The average molecular weight is 344 g/mol. The van der Waals surface area contributed by atoms with Crippen LogP contribution in [0.25, 0.3) is 11.3 Å². The van der Waals surface area contributed by atoms with Gasteiger partial charge in [0, 0.05) is 12.1 Å². The van der Waals surface area contributed by atoms with Gasteiger partial charge in [-0.1, -0.05) is 23.7 Å². The maximum atomic E-state index is 10.6. The number of halogens is 1. The molecule has 22 heavy (non-hydrogen) atoms. The Balaban J connectivity index is 2.04. The molecule has 118 valence electrons. The summed E-state index contributed by atoms with van der Waals surface area (Å²) in [6.07, 6.45) is -1.11. The van der Waals surface area contributed by atoms with Gasteiger partial charge in [0.05, 0.1) is 22.2 Å². The Morgan fingerprint density at radius 3 is 2.82 bits per heavy atom. The smallest absolute Gasteiger partial charge is 0.404 e. The van der Waals surface area contributed by atoms with Crippen LogP contribution in [0.2, 0.25) is 5.02 Å². The molecule has 0 radical (unpaired) electrons. The summed E-state index contributed by atoms with van der Waals surface area (Å²) in [5.74, 6) is 0. The quantitative estimate of drug-likeness (QED) is 0.684. The van der Waals surface area contributed by atoms with Crippen LogP contribution in [0.1, 0.15) is 5.69 Å². The maximum Gasteiger partial charge on any atom is 0.404 e. The third-order valence-corrected chi connectivity index (χ3v) is 6.04. The minimum absolute atomic E-state index is 0.179. The summed E-state index contributed by atoms with van der Waals surface area (Å²) in [4.78, 5) is 11.2. The topological polar surface area (TPSA) is 108 Å². The molecule has 2 aromatic rings. The second-order valence-corrected chi connectivity index (χ2v) is 7.21. The van der Waals surface area contributed by atoms with Gasteiger partial charge in [-0.05, 0) is 13.0 Å². The fraction of sp³-hybridized carbons (Fsp3) is 0.231. The molecule has 1 aromatic heterocycles. The van der Waals surface area contributed by atoms with Crippen molar-refractivity contribution in [3.8, 4) is 11.3 Å². The lowest BCUT2D eigenvalue weighted by atomic mass is 10.1. The number of rotatable bonds is 3. The van der Waals surface area contributed by atoms with Gasteiger partial charge in [-0.3, -0.25) is 13.8 Å². The monoisotopic (exact) mass is 343 g/mol. The van der Waals surface area contributed by atoms with Gasteiger partial charge in [0.2, 0.25) is 0 Å². The van der Waals surface area contributed by atoms with Gasteiger partial charge in [0.15, 0.2) is 0 Å². The van der Waals surface area contributed by atoms with E-state index in [9.17, 15) is 13.9 Å². The van der Waals surface area contributed by atoms with Crippen LogP contribution in [0, 0.1) is 6.92 Å². The van der Waals surface area contributed by atoms with Gasteiger partial charge in [-0.15, -0.1) is 10.6 Å². The molecule has 7 nitrogen and oxygen atoms in total. The third kappa shape index (κ3) is 2.15. The van der Waals surface area contributed by atoms with Crippen molar-refractivity contribution in [2.24, 2.45) is 0 Å². The van der Waals surface area contributed by atoms with Gasteiger partial charge in [-0.2, -0.15) is 5.10 Å². The first-order chi connectivity index (χ1) is 10.3. The maximum absolute atomic E-state index is 10.6. The Hall–Kier alpha value is -1.74. The molecule has 0 saturated carbocycles. The molecule has 0 bridgehead atoms. The predicted molar refractivity (Wildman–Crippen MR) is 82.8 cm³/mol. The summed E-state index contributed by atoms with van der Waals surface area (Å²) < 4.78 is 22.7. The summed E-state index contributed by atoms with van der Waals surface area (Å²) in [5, 5.41) is 15.5. The molecule has 0 atom stereocenters. The summed E-state index contributed by atoms with van der Waals surface area (Å²) in [7, 11) is -3.20. The number of nitrogens with zero attached hydrogens (tertiary/aromatic N) is 2. The van der Waals surface area contributed by atoms with Crippen LogP contribution in [0.5, 0.6) is 0 Å². The van der Waals surface area contributed by atoms with E-state index in [2.05, 4.69) is 10.4 Å². The predicted octanol–water partition coefficient (Wildman–Crippen LogP) is 3.26. The van der Waals surface area contributed by atoms with Crippen LogP contribution in [0.15, 0.2) is 28.0 Å². The van der Waals surface area contributed by atoms with E-state index in [1.165, 1.54) is 0 Å². The zero-order chi connectivity index (χ0) is 16.1. The standard InChI is InChI=1S/C13H14ClN3O4S/c1-7-11-10(16-17(7)6-5-15-13(18)19)8-3-2-4-9(14)12(8)22(11,20)21/h2-4,15,20-21H,5-6H2,1H3,(H,18,19). The van der Waals surface area contributed by atoms with E-state index >= 15 is 0 Å². The zero-order valence-corrected chi connectivity index (χ0v) is 13.1. The molecular formula is C13H14ClN3O4S. The van der Waals surface area contributed by atoms with Crippen LogP contribution >= 0.6 is 22.2 Å². The number of nitrogens with one attached hydrogen (secondary N) is 1. The first-order valence-electron chi connectivity index (χ1n) is 6.45. The number of amides is 1. The highest BCUT2D eigenvalue weighted by Gasteiger charge is 2.40. The molecule has 2 heterocycles. The van der Waals surface area contributed by atoms with Crippen molar-refractivity contribution >= 4 is 28.3 Å². The molecular weight excluding hydrogens is 330 g/mol. The van der Waals surface area contributed by atoms with E-state index in [4.69, 9.17) is 16.7 Å². The van der Waals surface area contributed by atoms with Crippen molar-refractivity contribution in [1.29, 1.82) is 0 Å². The van der Waals surface area contributed by atoms with Gasteiger partial charge >= 0.3 is 6.09 Å². The molecule has 1 aliphatic heterocycles. The SMILES string of the molecule is Cc1c2c(nn1CCNC(=O)O)-c1cccc(Cl)c1S2(O)O. The molecule has 0 spiro atoms. The van der Waals surface area contributed by atoms with Crippen LogP contribution in [-0.4, -0.2) is 36.6 Å². The summed E-state index contributed by atoms with van der Waals surface area (Å²) >= 11 is 6.10. The Kier molecular flexibility index (Phi) is 3.56. The number of fused-ring (bicyclic) bond motifs is 3. The molecule has 3 rings (SSSR count). The molecule has 9 heteroatoms. The molecule has 0 unspecified atom stereocenters. The Morgan fingerprint density at radius 2 is 2.14 bits per heavy atom. The number of hydrogen-bond donors (Lipinski definition) is 4. The van der Waals surface area contributed by atoms with Crippen molar-refractivity contribution in [3.05, 3.63) is 28.9 Å². The fourth-order valence-electron chi connectivity index (χ4n) is 2.62. The summed E-state index contributed by atoms with van der Waals surface area (Å²) in [5.41, 5.74) is 1.69. The minimum Gasteiger partial charge on any atom is -0.465 e. The van der Waals surface area contributed by atoms with E-state index in [1.54, 1.807) is 29.8 Å². The van der Waals surface area contributed by atoms with Crippen LogP contribution in [0.3, 0.4) is 0 Å².